The molecule has 0 bridgehead atoms. The Balaban J connectivity index is 2.36. The van der Waals surface area contributed by atoms with Crippen LogP contribution in [0.2, 0.25) is 0 Å². The largest absolute Gasteiger partial charge is 0.491 e. The lowest BCUT2D eigenvalue weighted by Gasteiger charge is -2.04. The lowest BCUT2D eigenvalue weighted by Crippen LogP contribution is -2.10. The lowest BCUT2D eigenvalue weighted by atomic mass is 10.3. The quantitative estimate of drug-likeness (QED) is 0.710. The van der Waals surface area contributed by atoms with Crippen LogP contribution in [0.25, 0.3) is 0 Å². The molecule has 0 atom stereocenters. The van der Waals surface area contributed by atoms with E-state index in [1.165, 1.54) is 0 Å². The van der Waals surface area contributed by atoms with Gasteiger partial charge in [0.25, 0.3) is 0 Å². The van der Waals surface area contributed by atoms with Crippen molar-refractivity contribution in [2.45, 2.75) is 4.90 Å². The third-order valence-electron chi connectivity index (χ3n) is 1.55. The number of hydrogen-bond donors (Lipinski definition) is 1. The van der Waals surface area contributed by atoms with Crippen molar-refractivity contribution < 1.29 is 4.74 Å². The van der Waals surface area contributed by atoms with Crippen LogP contribution < -0.4 is 9.46 Å². The van der Waals surface area contributed by atoms with Gasteiger partial charge in [-0.15, -0.1) is 0 Å². The Kier molecular flexibility index (Phi) is 2.58. The second kappa shape index (κ2) is 3.68. The van der Waals surface area contributed by atoms with Gasteiger partial charge in [0.15, 0.2) is 0 Å². The Labute approximate surface area is 83.9 Å². The molecule has 1 aromatic carbocycles. The minimum absolute atomic E-state index is 0.738. The first-order valence-corrected chi connectivity index (χ1v) is 5.29. The molecular formula is C8H8BrNOS. The van der Waals surface area contributed by atoms with E-state index in [0.717, 1.165) is 28.3 Å². The Morgan fingerprint density at radius 1 is 1.50 bits per heavy atom. The van der Waals surface area contributed by atoms with Crippen LogP contribution >= 0.6 is 27.9 Å². The van der Waals surface area contributed by atoms with Crippen molar-refractivity contribution in [3.8, 4) is 5.75 Å². The second-order valence-electron chi connectivity index (χ2n) is 2.44. The van der Waals surface area contributed by atoms with Gasteiger partial charge < -0.3 is 4.74 Å². The number of rotatable bonds is 0. The maximum Gasteiger partial charge on any atom is 0.134 e. The van der Waals surface area contributed by atoms with Crippen LogP contribution in [0.15, 0.2) is 27.6 Å². The molecule has 4 heteroatoms. The molecule has 2 rings (SSSR count). The van der Waals surface area contributed by atoms with Crippen molar-refractivity contribution in [2.75, 3.05) is 13.2 Å². The summed E-state index contributed by atoms with van der Waals surface area (Å²) in [5, 5.41) is 0. The number of nitrogens with one attached hydrogen (secondary N) is 1. The minimum Gasteiger partial charge on any atom is -0.491 e. The van der Waals surface area contributed by atoms with E-state index >= 15 is 0 Å². The standard InChI is InChI=1S/C8H8BrNOS/c9-6-1-2-7-8(5-6)12-10-3-4-11-7/h1-2,5,10H,3-4H2. The Bertz CT molecular complexity index is 292. The van der Waals surface area contributed by atoms with E-state index in [-0.39, 0.29) is 0 Å². The summed E-state index contributed by atoms with van der Waals surface area (Å²) in [7, 11) is 0. The van der Waals surface area contributed by atoms with Gasteiger partial charge in [-0.25, -0.2) is 0 Å². The minimum atomic E-state index is 0.738. The summed E-state index contributed by atoms with van der Waals surface area (Å²) >= 11 is 5.04. The molecule has 1 heterocycles. The van der Waals surface area contributed by atoms with Gasteiger partial charge in [-0.3, -0.25) is 4.72 Å². The van der Waals surface area contributed by atoms with E-state index in [4.69, 9.17) is 4.74 Å². The summed E-state index contributed by atoms with van der Waals surface area (Å²) in [4.78, 5) is 1.14. The highest BCUT2D eigenvalue weighted by molar-refractivity contribution is 9.10. The smallest absolute Gasteiger partial charge is 0.134 e. The number of ether oxygens (including phenoxy) is 1. The van der Waals surface area contributed by atoms with Crippen LogP contribution in [0.3, 0.4) is 0 Å². The van der Waals surface area contributed by atoms with E-state index in [9.17, 15) is 0 Å². The van der Waals surface area contributed by atoms with E-state index in [2.05, 4.69) is 26.7 Å². The summed E-state index contributed by atoms with van der Waals surface area (Å²) < 4.78 is 9.79. The SMILES string of the molecule is Brc1ccc2c(c1)SNCCO2. The molecule has 64 valence electrons. The van der Waals surface area contributed by atoms with E-state index in [0.29, 0.717) is 0 Å². The molecule has 0 fully saturated rings. The van der Waals surface area contributed by atoms with Gasteiger partial charge in [0, 0.05) is 11.0 Å². The maximum atomic E-state index is 5.50. The summed E-state index contributed by atoms with van der Waals surface area (Å²) in [6, 6.07) is 6.03. The van der Waals surface area contributed by atoms with Crippen LogP contribution in [0.1, 0.15) is 0 Å². The molecule has 2 nitrogen and oxygen atoms in total. The van der Waals surface area contributed by atoms with Gasteiger partial charge >= 0.3 is 0 Å². The highest BCUT2D eigenvalue weighted by Gasteiger charge is 2.08. The average Bonchev–Trinajstić information content (AvgIpc) is 2.28. The molecule has 1 aliphatic heterocycles. The fourth-order valence-electron chi connectivity index (χ4n) is 1.01. The van der Waals surface area contributed by atoms with E-state index < -0.39 is 0 Å². The Hall–Kier alpha value is -0.190. The molecule has 0 spiro atoms. The molecule has 0 amide bonds. The molecule has 0 aromatic heterocycles. The lowest BCUT2D eigenvalue weighted by molar-refractivity contribution is 0.321. The molecule has 1 N–H and O–H groups in total. The third kappa shape index (κ3) is 1.76. The monoisotopic (exact) mass is 245 g/mol. The predicted octanol–water partition coefficient (Wildman–Crippen LogP) is 2.44. The normalized spacial score (nSPS) is 16.1. The first-order chi connectivity index (χ1) is 5.86. The van der Waals surface area contributed by atoms with E-state index in [1.807, 2.05) is 12.1 Å². The third-order valence-corrected chi connectivity index (χ3v) is 2.93. The molecule has 0 radical (unpaired) electrons. The first-order valence-electron chi connectivity index (χ1n) is 3.68. The van der Waals surface area contributed by atoms with Crippen LogP contribution in [0, 0.1) is 0 Å². The second-order valence-corrected chi connectivity index (χ2v) is 4.28. The number of hydrogen-bond acceptors (Lipinski definition) is 3. The molecule has 0 saturated heterocycles. The van der Waals surface area contributed by atoms with Crippen molar-refractivity contribution in [1.82, 2.24) is 4.72 Å². The van der Waals surface area contributed by atoms with Crippen LogP contribution in [0.4, 0.5) is 0 Å². The predicted molar refractivity (Wildman–Crippen MR) is 53.5 cm³/mol. The van der Waals surface area contributed by atoms with Crippen molar-refractivity contribution in [1.29, 1.82) is 0 Å². The van der Waals surface area contributed by atoms with E-state index in [1.54, 1.807) is 11.9 Å². The van der Waals surface area contributed by atoms with Crippen molar-refractivity contribution in [3.05, 3.63) is 22.7 Å². The van der Waals surface area contributed by atoms with Gasteiger partial charge in [0.1, 0.15) is 12.4 Å². The van der Waals surface area contributed by atoms with Crippen LogP contribution in [0.5, 0.6) is 5.75 Å². The van der Waals surface area contributed by atoms with Crippen molar-refractivity contribution in [3.63, 3.8) is 0 Å². The summed E-state index contributed by atoms with van der Waals surface area (Å²) in [5.74, 6) is 0.966. The van der Waals surface area contributed by atoms with Crippen molar-refractivity contribution >= 4 is 27.9 Å². The molecule has 12 heavy (non-hydrogen) atoms. The molecule has 1 aliphatic rings. The molecule has 1 aromatic rings. The van der Waals surface area contributed by atoms with Crippen LogP contribution in [-0.2, 0) is 0 Å². The molecule has 0 unspecified atom stereocenters. The fourth-order valence-corrected chi connectivity index (χ4v) is 2.28. The number of halogens is 1. The summed E-state index contributed by atoms with van der Waals surface area (Å²) in [6.07, 6.45) is 0. The zero-order valence-corrected chi connectivity index (χ0v) is 8.74. The average molecular weight is 246 g/mol. The Morgan fingerprint density at radius 2 is 2.42 bits per heavy atom. The summed E-state index contributed by atoms with van der Waals surface area (Å²) in [5.41, 5.74) is 0. The molecular weight excluding hydrogens is 238 g/mol. The highest BCUT2D eigenvalue weighted by Crippen LogP contribution is 2.31. The molecule has 0 saturated carbocycles. The van der Waals surface area contributed by atoms with Gasteiger partial charge in [-0.2, -0.15) is 0 Å². The van der Waals surface area contributed by atoms with Gasteiger partial charge in [0.05, 0.1) is 4.90 Å². The van der Waals surface area contributed by atoms with Crippen LogP contribution in [-0.4, -0.2) is 13.2 Å². The fraction of sp³-hybridized carbons (Fsp3) is 0.250. The zero-order chi connectivity index (χ0) is 8.39. The Morgan fingerprint density at radius 3 is 3.33 bits per heavy atom. The van der Waals surface area contributed by atoms with Gasteiger partial charge in [-0.1, -0.05) is 15.9 Å². The molecule has 0 aliphatic carbocycles. The highest BCUT2D eigenvalue weighted by atomic mass is 79.9. The first kappa shape index (κ1) is 8.41. The topological polar surface area (TPSA) is 21.3 Å². The number of fused-ring (bicyclic) bond motifs is 1. The van der Waals surface area contributed by atoms with Crippen molar-refractivity contribution in [2.24, 2.45) is 0 Å². The summed E-state index contributed by atoms with van der Waals surface area (Å²) in [6.45, 7) is 1.62. The number of benzene rings is 1. The maximum absolute atomic E-state index is 5.50. The van der Waals surface area contributed by atoms with Gasteiger partial charge in [-0.05, 0) is 30.1 Å². The zero-order valence-electron chi connectivity index (χ0n) is 6.34. The van der Waals surface area contributed by atoms with Gasteiger partial charge in [0.2, 0.25) is 0 Å².